The molecule has 3 aromatic rings. The summed E-state index contributed by atoms with van der Waals surface area (Å²) in [5.74, 6) is -0.0439. The van der Waals surface area contributed by atoms with Crippen molar-refractivity contribution in [2.24, 2.45) is 0 Å². The van der Waals surface area contributed by atoms with Crippen LogP contribution in [0.3, 0.4) is 0 Å². The molecule has 8 heteroatoms. The lowest BCUT2D eigenvalue weighted by Crippen LogP contribution is -2.00. The van der Waals surface area contributed by atoms with Gasteiger partial charge in [0.15, 0.2) is 5.65 Å². The average Bonchev–Trinajstić information content (AvgIpc) is 2.88. The van der Waals surface area contributed by atoms with E-state index in [-0.39, 0.29) is 18.2 Å². The highest BCUT2D eigenvalue weighted by atomic mass is 16.5. The SMILES string of the molecule is Nc1nc(Oc2ccc(CC(=O)O)cc2)c2[nH]cnc2n1. The first kappa shape index (κ1) is 12.9. The van der Waals surface area contributed by atoms with Crippen LogP contribution < -0.4 is 10.5 Å². The molecule has 0 aliphatic heterocycles. The number of anilines is 1. The van der Waals surface area contributed by atoms with Crippen molar-refractivity contribution in [1.82, 2.24) is 19.9 Å². The molecule has 1 aromatic carbocycles. The van der Waals surface area contributed by atoms with Crippen molar-refractivity contribution >= 4 is 23.1 Å². The third kappa shape index (κ3) is 2.73. The number of carbonyl (C=O) groups is 1. The maximum Gasteiger partial charge on any atom is 0.307 e. The molecule has 0 radical (unpaired) electrons. The number of nitrogens with two attached hydrogens (primary N) is 1. The van der Waals surface area contributed by atoms with Crippen LogP contribution in [0, 0.1) is 0 Å². The number of nitrogens with one attached hydrogen (secondary N) is 1. The minimum absolute atomic E-state index is 0.0362. The fraction of sp³-hybridized carbons (Fsp3) is 0.0769. The molecule has 106 valence electrons. The highest BCUT2D eigenvalue weighted by Gasteiger charge is 2.11. The van der Waals surface area contributed by atoms with Gasteiger partial charge in [0.2, 0.25) is 5.95 Å². The largest absolute Gasteiger partial charge is 0.481 e. The van der Waals surface area contributed by atoms with Gasteiger partial charge in [-0.1, -0.05) is 12.1 Å². The molecule has 0 spiro atoms. The second kappa shape index (κ2) is 5.08. The minimum Gasteiger partial charge on any atom is -0.481 e. The van der Waals surface area contributed by atoms with E-state index < -0.39 is 5.97 Å². The van der Waals surface area contributed by atoms with Gasteiger partial charge in [-0.15, -0.1) is 0 Å². The van der Waals surface area contributed by atoms with Gasteiger partial charge in [0.25, 0.3) is 5.88 Å². The first-order valence-electron chi connectivity index (χ1n) is 6.07. The first-order chi connectivity index (χ1) is 10.1. The number of H-pyrrole nitrogens is 1. The van der Waals surface area contributed by atoms with Gasteiger partial charge in [0.1, 0.15) is 11.3 Å². The molecule has 0 saturated heterocycles. The lowest BCUT2D eigenvalue weighted by atomic mass is 10.1. The third-order valence-electron chi connectivity index (χ3n) is 2.76. The number of nitrogen functional groups attached to an aromatic ring is 1. The number of nitrogens with zero attached hydrogens (tertiary/aromatic N) is 3. The summed E-state index contributed by atoms with van der Waals surface area (Å²) in [6, 6.07) is 6.69. The van der Waals surface area contributed by atoms with E-state index in [4.69, 9.17) is 15.6 Å². The molecule has 0 saturated carbocycles. The number of ether oxygens (including phenoxy) is 1. The average molecular weight is 285 g/mol. The molecule has 0 unspecified atom stereocenters. The number of carboxylic acids is 1. The lowest BCUT2D eigenvalue weighted by molar-refractivity contribution is -0.136. The highest BCUT2D eigenvalue weighted by molar-refractivity contribution is 5.77. The third-order valence-corrected chi connectivity index (χ3v) is 2.76. The summed E-state index contributed by atoms with van der Waals surface area (Å²) in [5, 5.41) is 8.72. The van der Waals surface area contributed by atoms with E-state index in [0.717, 1.165) is 0 Å². The Hall–Kier alpha value is -3.16. The molecule has 4 N–H and O–H groups in total. The molecule has 0 fully saturated rings. The molecule has 21 heavy (non-hydrogen) atoms. The molecular formula is C13H11N5O3. The Balaban J connectivity index is 1.88. The van der Waals surface area contributed by atoms with Crippen LogP contribution in [-0.2, 0) is 11.2 Å². The fourth-order valence-electron chi connectivity index (χ4n) is 1.86. The summed E-state index contributed by atoms with van der Waals surface area (Å²) in [6.45, 7) is 0. The van der Waals surface area contributed by atoms with E-state index >= 15 is 0 Å². The smallest absolute Gasteiger partial charge is 0.307 e. The monoisotopic (exact) mass is 285 g/mol. The second-order valence-corrected chi connectivity index (χ2v) is 4.30. The standard InChI is InChI=1S/C13H11N5O3/c14-13-17-11-10(15-6-16-11)12(18-13)21-8-3-1-7(2-4-8)5-9(19)20/h1-4,6H,5H2,(H,19,20)(H3,14,15,16,17,18). The summed E-state index contributed by atoms with van der Waals surface area (Å²) < 4.78 is 5.64. The summed E-state index contributed by atoms with van der Waals surface area (Å²) in [7, 11) is 0. The van der Waals surface area contributed by atoms with Gasteiger partial charge in [-0.2, -0.15) is 9.97 Å². The van der Waals surface area contributed by atoms with Crippen molar-refractivity contribution in [3.8, 4) is 11.6 Å². The van der Waals surface area contributed by atoms with Crippen LogP contribution in [0.2, 0.25) is 0 Å². The van der Waals surface area contributed by atoms with Crippen LogP contribution in [-0.4, -0.2) is 31.0 Å². The Bertz CT molecular complexity index is 797. The Labute approximate surface area is 118 Å². The van der Waals surface area contributed by atoms with E-state index in [9.17, 15) is 4.79 Å². The number of rotatable bonds is 4. The Morgan fingerprint density at radius 2 is 2.05 bits per heavy atom. The van der Waals surface area contributed by atoms with Gasteiger partial charge >= 0.3 is 5.97 Å². The van der Waals surface area contributed by atoms with Crippen LogP contribution in [0.15, 0.2) is 30.6 Å². The number of fused-ring (bicyclic) bond motifs is 1. The molecule has 3 rings (SSSR count). The van der Waals surface area contributed by atoms with Crippen LogP contribution in [0.4, 0.5) is 5.95 Å². The summed E-state index contributed by atoms with van der Waals surface area (Å²) in [6.07, 6.45) is 1.44. The molecule has 2 aromatic heterocycles. The van der Waals surface area contributed by atoms with Crippen LogP contribution in [0.25, 0.3) is 11.2 Å². The minimum atomic E-state index is -0.883. The summed E-state index contributed by atoms with van der Waals surface area (Å²) in [5.41, 5.74) is 7.24. The van der Waals surface area contributed by atoms with E-state index in [0.29, 0.717) is 22.5 Å². The number of imidazole rings is 1. The van der Waals surface area contributed by atoms with E-state index in [1.54, 1.807) is 24.3 Å². The quantitative estimate of drug-likeness (QED) is 0.660. The molecule has 0 atom stereocenters. The van der Waals surface area contributed by atoms with Crippen molar-refractivity contribution in [3.63, 3.8) is 0 Å². The van der Waals surface area contributed by atoms with Crippen LogP contribution >= 0.6 is 0 Å². The maximum absolute atomic E-state index is 10.6. The van der Waals surface area contributed by atoms with Gasteiger partial charge < -0.3 is 20.6 Å². The van der Waals surface area contributed by atoms with E-state index in [1.165, 1.54) is 6.33 Å². The molecule has 8 nitrogen and oxygen atoms in total. The number of benzene rings is 1. The molecule has 0 bridgehead atoms. The zero-order chi connectivity index (χ0) is 14.8. The van der Waals surface area contributed by atoms with Crippen LogP contribution in [0.1, 0.15) is 5.56 Å². The molecule has 0 aliphatic carbocycles. The topological polar surface area (TPSA) is 127 Å². The van der Waals surface area contributed by atoms with Gasteiger partial charge in [-0.05, 0) is 17.7 Å². The number of aromatic nitrogens is 4. The Kier molecular flexibility index (Phi) is 3.11. The zero-order valence-corrected chi connectivity index (χ0v) is 10.8. The van der Waals surface area contributed by atoms with Crippen molar-refractivity contribution in [3.05, 3.63) is 36.2 Å². The predicted molar refractivity (Wildman–Crippen MR) is 74.0 cm³/mol. The zero-order valence-electron chi connectivity index (χ0n) is 10.8. The van der Waals surface area contributed by atoms with Crippen molar-refractivity contribution in [1.29, 1.82) is 0 Å². The summed E-state index contributed by atoms with van der Waals surface area (Å²) in [4.78, 5) is 25.5. The van der Waals surface area contributed by atoms with Gasteiger partial charge in [0.05, 0.1) is 12.7 Å². The number of hydrogen-bond donors (Lipinski definition) is 3. The van der Waals surface area contributed by atoms with Crippen molar-refractivity contribution in [2.45, 2.75) is 6.42 Å². The van der Waals surface area contributed by atoms with Gasteiger partial charge in [-0.25, -0.2) is 4.98 Å². The molecule has 0 amide bonds. The van der Waals surface area contributed by atoms with E-state index in [2.05, 4.69) is 19.9 Å². The molecule has 0 aliphatic rings. The normalized spacial score (nSPS) is 10.7. The number of aromatic amines is 1. The predicted octanol–water partition coefficient (Wildman–Crippen LogP) is 1.35. The van der Waals surface area contributed by atoms with Gasteiger partial charge in [0, 0.05) is 0 Å². The van der Waals surface area contributed by atoms with Crippen LogP contribution in [0.5, 0.6) is 11.6 Å². The molecule has 2 heterocycles. The Morgan fingerprint density at radius 3 is 2.76 bits per heavy atom. The van der Waals surface area contributed by atoms with Crippen molar-refractivity contribution < 1.29 is 14.6 Å². The molecular weight excluding hydrogens is 274 g/mol. The fourth-order valence-corrected chi connectivity index (χ4v) is 1.86. The Morgan fingerprint density at radius 1 is 1.29 bits per heavy atom. The lowest BCUT2D eigenvalue weighted by Gasteiger charge is -2.06. The number of hydrogen-bond acceptors (Lipinski definition) is 6. The van der Waals surface area contributed by atoms with Gasteiger partial charge in [-0.3, -0.25) is 4.79 Å². The second-order valence-electron chi connectivity index (χ2n) is 4.30. The van der Waals surface area contributed by atoms with Crippen molar-refractivity contribution in [2.75, 3.05) is 5.73 Å². The first-order valence-corrected chi connectivity index (χ1v) is 6.07. The van der Waals surface area contributed by atoms with E-state index in [1.807, 2.05) is 0 Å². The highest BCUT2D eigenvalue weighted by Crippen LogP contribution is 2.26. The maximum atomic E-state index is 10.6. The number of carboxylic acid groups (broad SMARTS) is 1. The number of aliphatic carboxylic acids is 1. The summed E-state index contributed by atoms with van der Waals surface area (Å²) >= 11 is 0.